The molecule has 4 rings (SSSR count). The monoisotopic (exact) mass is 390 g/mol. The van der Waals surface area contributed by atoms with E-state index in [-0.39, 0.29) is 11.9 Å². The van der Waals surface area contributed by atoms with Crippen molar-refractivity contribution in [3.05, 3.63) is 5.89 Å². The number of anilines is 1. The largest absolute Gasteiger partial charge is 0.408 e. The summed E-state index contributed by atoms with van der Waals surface area (Å²) in [6.45, 7) is 3.98. The topological polar surface area (TPSA) is 71.3 Å². The lowest BCUT2D eigenvalue weighted by molar-refractivity contribution is -0.133. The molecule has 154 valence electrons. The van der Waals surface area contributed by atoms with E-state index in [1.54, 1.807) is 0 Å². The van der Waals surface area contributed by atoms with Gasteiger partial charge in [-0.05, 0) is 50.9 Å². The normalized spacial score (nSPS) is 20.9. The van der Waals surface area contributed by atoms with Gasteiger partial charge in [0.1, 0.15) is 6.04 Å². The fourth-order valence-electron chi connectivity index (χ4n) is 3.19. The molecular weight excluding hydrogens is 361 g/mol. The van der Waals surface area contributed by atoms with E-state index in [1.165, 1.54) is 12.8 Å². The Morgan fingerprint density at radius 3 is 2.19 bits per heavy atom. The van der Waals surface area contributed by atoms with Crippen molar-refractivity contribution in [1.82, 2.24) is 15.1 Å². The van der Waals surface area contributed by atoms with Crippen LogP contribution < -0.4 is 5.32 Å². The van der Waals surface area contributed by atoms with Crippen LogP contribution in [-0.2, 0) is 4.79 Å². The number of aromatic nitrogens is 2. The van der Waals surface area contributed by atoms with Gasteiger partial charge in [-0.1, -0.05) is 18.9 Å². The molecule has 0 radical (unpaired) electrons. The van der Waals surface area contributed by atoms with Gasteiger partial charge in [0.05, 0.1) is 0 Å². The molecule has 1 N–H and O–H groups in total. The number of nitrogens with one attached hydrogen (secondary N) is 1. The fraction of sp³-hybridized carbons (Fsp3) is 0.833. The van der Waals surface area contributed by atoms with Crippen molar-refractivity contribution in [3.8, 4) is 0 Å². The highest BCUT2D eigenvalue weighted by Crippen LogP contribution is 2.53. The molecule has 2 heterocycles. The molecule has 1 spiro atoms. The smallest absolute Gasteiger partial charge is 0.379 e. The first kappa shape index (κ1) is 21.5. The molecule has 3 aliphatic rings. The van der Waals surface area contributed by atoms with Crippen molar-refractivity contribution in [3.63, 3.8) is 0 Å². The third kappa shape index (κ3) is 6.39. The number of likely N-dealkylation sites (tertiary alicyclic amines) is 1. The van der Waals surface area contributed by atoms with Crippen molar-refractivity contribution >= 4 is 11.9 Å². The van der Waals surface area contributed by atoms with Gasteiger partial charge in [0.2, 0.25) is 11.8 Å². The number of halogens is 3. The zero-order valence-corrected chi connectivity index (χ0v) is 16.2. The van der Waals surface area contributed by atoms with Gasteiger partial charge in [-0.2, -0.15) is 13.2 Å². The number of nitrogens with zero attached hydrogens (tertiary/aromatic N) is 3. The molecule has 1 atom stereocenters. The van der Waals surface area contributed by atoms with Crippen LogP contribution in [0.4, 0.5) is 19.2 Å². The van der Waals surface area contributed by atoms with Crippen molar-refractivity contribution < 1.29 is 22.4 Å². The van der Waals surface area contributed by atoms with Gasteiger partial charge in [0.15, 0.2) is 0 Å². The maximum atomic E-state index is 12.5. The number of rotatable bonds is 4. The van der Waals surface area contributed by atoms with Gasteiger partial charge < -0.3 is 14.6 Å². The lowest BCUT2D eigenvalue weighted by Crippen LogP contribution is -2.45. The molecule has 0 bridgehead atoms. The van der Waals surface area contributed by atoms with Crippen LogP contribution in [0.2, 0.25) is 0 Å². The van der Waals surface area contributed by atoms with Crippen molar-refractivity contribution in [2.24, 2.45) is 5.41 Å². The van der Waals surface area contributed by atoms with Crippen LogP contribution in [0.1, 0.15) is 71.1 Å². The molecule has 1 saturated heterocycles. The van der Waals surface area contributed by atoms with E-state index in [0.717, 1.165) is 38.8 Å². The molecule has 1 aliphatic heterocycles. The van der Waals surface area contributed by atoms with Crippen LogP contribution in [-0.4, -0.2) is 46.8 Å². The van der Waals surface area contributed by atoms with Crippen LogP contribution in [0, 0.1) is 5.41 Å². The molecule has 2 saturated carbocycles. The maximum absolute atomic E-state index is 12.5. The molecule has 1 aromatic rings. The maximum Gasteiger partial charge on any atom is 0.379 e. The van der Waals surface area contributed by atoms with Crippen LogP contribution in [0.15, 0.2) is 4.42 Å². The second-order valence-electron chi connectivity index (χ2n) is 7.16. The van der Waals surface area contributed by atoms with E-state index < -0.39 is 6.68 Å². The van der Waals surface area contributed by atoms with E-state index in [0.29, 0.717) is 23.2 Å². The molecule has 2 aliphatic carbocycles. The fourth-order valence-corrected chi connectivity index (χ4v) is 3.19. The molecule has 1 amide bonds. The molecule has 27 heavy (non-hydrogen) atoms. The number of alkyl halides is 3. The SMILES string of the molecule is CC.CC(Nc1nnc(C2CC2)o1)C(=O)N1CCC2(CC1)CC2.FC(F)F. The number of hydrogen-bond donors (Lipinski definition) is 1. The van der Waals surface area contributed by atoms with E-state index in [4.69, 9.17) is 4.42 Å². The summed E-state index contributed by atoms with van der Waals surface area (Å²) in [6, 6.07) is 0.0548. The Bertz CT molecular complexity index is 590. The summed E-state index contributed by atoms with van der Waals surface area (Å²) in [5, 5.41) is 11.1. The first-order chi connectivity index (χ1) is 12.9. The Labute approximate surface area is 157 Å². The van der Waals surface area contributed by atoms with E-state index >= 15 is 0 Å². The predicted molar refractivity (Wildman–Crippen MR) is 95.3 cm³/mol. The lowest BCUT2D eigenvalue weighted by atomic mass is 9.93. The van der Waals surface area contributed by atoms with Gasteiger partial charge in [0, 0.05) is 19.0 Å². The number of hydrogen-bond acceptors (Lipinski definition) is 5. The highest BCUT2D eigenvalue weighted by Gasteiger charge is 2.45. The standard InChI is InChI=1S/C15H22N4O2.C2H6.CHF3/c1-10(16-14-18-17-12(21-14)11-2-3-11)13(20)19-8-6-15(4-5-15)7-9-19;1-2;2-1(3)4/h10-11H,2-9H2,1H3,(H,16,18);1-2H3;1H. The highest BCUT2D eigenvalue weighted by molar-refractivity contribution is 5.83. The average Bonchev–Trinajstić information content (AvgIpc) is 3.58. The van der Waals surface area contributed by atoms with E-state index in [9.17, 15) is 18.0 Å². The van der Waals surface area contributed by atoms with Crippen LogP contribution in [0.5, 0.6) is 0 Å². The zero-order valence-electron chi connectivity index (χ0n) is 16.2. The first-order valence-electron chi connectivity index (χ1n) is 9.69. The Balaban J connectivity index is 0.000000389. The lowest BCUT2D eigenvalue weighted by Gasteiger charge is -2.33. The van der Waals surface area contributed by atoms with Gasteiger partial charge >= 0.3 is 12.7 Å². The minimum Gasteiger partial charge on any atom is -0.408 e. The summed E-state index contributed by atoms with van der Waals surface area (Å²) in [6.07, 6.45) is 7.30. The van der Waals surface area contributed by atoms with Crippen LogP contribution in [0.25, 0.3) is 0 Å². The van der Waals surface area contributed by atoms with E-state index in [1.807, 2.05) is 25.7 Å². The number of carbonyl (C=O) groups is 1. The Kier molecular flexibility index (Phi) is 7.49. The molecule has 9 heteroatoms. The second kappa shape index (κ2) is 9.41. The minimum atomic E-state index is -3.67. The zero-order chi connectivity index (χ0) is 20.0. The Morgan fingerprint density at radius 2 is 1.70 bits per heavy atom. The van der Waals surface area contributed by atoms with Gasteiger partial charge in [-0.3, -0.25) is 4.79 Å². The van der Waals surface area contributed by atoms with Crippen LogP contribution >= 0.6 is 0 Å². The van der Waals surface area contributed by atoms with Gasteiger partial charge in [-0.25, -0.2) is 0 Å². The minimum absolute atomic E-state index is 0.136. The number of piperidine rings is 1. The summed E-state index contributed by atoms with van der Waals surface area (Å²) in [5.41, 5.74) is 0.596. The van der Waals surface area contributed by atoms with Crippen LogP contribution in [0.3, 0.4) is 0 Å². The van der Waals surface area contributed by atoms with Gasteiger partial charge in [-0.15, -0.1) is 5.10 Å². The number of amides is 1. The summed E-state index contributed by atoms with van der Waals surface area (Å²) in [4.78, 5) is 14.4. The summed E-state index contributed by atoms with van der Waals surface area (Å²) in [7, 11) is 0. The molecule has 1 unspecified atom stereocenters. The van der Waals surface area contributed by atoms with Crippen molar-refractivity contribution in [1.29, 1.82) is 0 Å². The van der Waals surface area contributed by atoms with Crippen molar-refractivity contribution in [2.75, 3.05) is 18.4 Å². The van der Waals surface area contributed by atoms with Crippen molar-refractivity contribution in [2.45, 2.75) is 77.9 Å². The van der Waals surface area contributed by atoms with Gasteiger partial charge in [0.25, 0.3) is 0 Å². The molecule has 0 aromatic carbocycles. The number of carbonyl (C=O) groups excluding carboxylic acids is 1. The third-order valence-corrected chi connectivity index (χ3v) is 5.17. The Hall–Kier alpha value is -1.80. The molecule has 3 fully saturated rings. The summed E-state index contributed by atoms with van der Waals surface area (Å²) >= 11 is 0. The summed E-state index contributed by atoms with van der Waals surface area (Å²) in [5.74, 6) is 1.28. The third-order valence-electron chi connectivity index (χ3n) is 5.17. The summed E-state index contributed by atoms with van der Waals surface area (Å²) < 4.78 is 34.6. The molecular formula is C18H29F3N4O2. The first-order valence-corrected chi connectivity index (χ1v) is 9.69. The quantitative estimate of drug-likeness (QED) is 0.827. The second-order valence-corrected chi connectivity index (χ2v) is 7.16. The predicted octanol–water partition coefficient (Wildman–Crippen LogP) is 4.35. The molecule has 6 nitrogen and oxygen atoms in total. The molecule has 1 aromatic heterocycles. The highest BCUT2D eigenvalue weighted by atomic mass is 19.4. The van der Waals surface area contributed by atoms with E-state index in [2.05, 4.69) is 15.5 Å². The Morgan fingerprint density at radius 1 is 1.15 bits per heavy atom. The average molecular weight is 390 g/mol.